The van der Waals surface area contributed by atoms with Crippen LogP contribution in [0, 0.1) is 5.92 Å². The van der Waals surface area contributed by atoms with Crippen LogP contribution in [-0.2, 0) is 46.4 Å². The quantitative estimate of drug-likeness (QED) is 0.0287. The largest absolute Gasteiger partial charge is 0.508 e. The maximum Gasteiger partial charge on any atom is 0.326 e. The summed E-state index contributed by atoms with van der Waals surface area (Å²) in [7, 11) is 0. The number of nitrogens with two attached hydrogens (primary N) is 3. The Hall–Kier alpha value is -6.52. The molecule has 1 aliphatic heterocycles. The second kappa shape index (κ2) is 24.9. The fourth-order valence-electron chi connectivity index (χ4n) is 6.94. The van der Waals surface area contributed by atoms with Crippen molar-refractivity contribution in [3.8, 4) is 11.5 Å². The first-order valence-corrected chi connectivity index (χ1v) is 20.9. The van der Waals surface area contributed by atoms with Crippen LogP contribution in [0.15, 0.2) is 53.5 Å². The van der Waals surface area contributed by atoms with Gasteiger partial charge in [-0.2, -0.15) is 0 Å². The minimum absolute atomic E-state index is 0.0157. The molecule has 0 aliphatic carbocycles. The van der Waals surface area contributed by atoms with E-state index in [1.807, 2.05) is 13.8 Å². The Morgan fingerprint density at radius 3 is 1.80 bits per heavy atom. The number of aliphatic carboxylic acids is 1. The molecule has 64 heavy (non-hydrogen) atoms. The molecule has 1 aliphatic rings. The van der Waals surface area contributed by atoms with E-state index in [0.29, 0.717) is 17.5 Å². The number of phenols is 2. The number of aliphatic imine (C=N–C) groups is 1. The summed E-state index contributed by atoms with van der Waals surface area (Å²) >= 11 is 0. The van der Waals surface area contributed by atoms with Gasteiger partial charge in [0.2, 0.25) is 35.4 Å². The number of rotatable bonds is 24. The molecule has 1 saturated heterocycles. The first-order valence-electron chi connectivity index (χ1n) is 20.9. The predicted octanol–water partition coefficient (Wildman–Crippen LogP) is -2.82. The number of carbonyl (C=O) groups excluding carboxylic acids is 6. The molecule has 0 spiro atoms. The van der Waals surface area contributed by atoms with E-state index in [0.717, 1.165) is 0 Å². The number of aromatic hydroxyl groups is 2. The second-order valence-corrected chi connectivity index (χ2v) is 16.1. The molecule has 0 saturated carbocycles. The maximum atomic E-state index is 14.3. The zero-order chi connectivity index (χ0) is 47.7. The average molecular weight is 899 g/mol. The van der Waals surface area contributed by atoms with Gasteiger partial charge in [0.25, 0.3) is 0 Å². The summed E-state index contributed by atoms with van der Waals surface area (Å²) in [6, 6.07) is 2.09. The van der Waals surface area contributed by atoms with Crippen molar-refractivity contribution in [1.29, 1.82) is 0 Å². The van der Waals surface area contributed by atoms with Gasteiger partial charge >= 0.3 is 5.97 Å². The van der Waals surface area contributed by atoms with E-state index in [1.54, 1.807) is 0 Å². The molecule has 1 heterocycles. The number of likely N-dealkylation sites (tertiary alicyclic amines) is 1. The predicted molar refractivity (Wildman–Crippen MR) is 232 cm³/mol. The Bertz CT molecular complexity index is 1940. The Balaban J connectivity index is 1.90. The summed E-state index contributed by atoms with van der Waals surface area (Å²) in [5.41, 5.74) is 17.5. The zero-order valence-corrected chi connectivity index (χ0v) is 36.1. The Labute approximate surface area is 370 Å². The number of guanidine groups is 1. The van der Waals surface area contributed by atoms with Crippen LogP contribution in [0.1, 0.15) is 64.0 Å². The topological polar surface area (TPSA) is 374 Å². The van der Waals surface area contributed by atoms with E-state index < -0.39 is 96.4 Å². The molecule has 22 nitrogen and oxygen atoms in total. The monoisotopic (exact) mass is 898 g/mol. The van der Waals surface area contributed by atoms with Crippen molar-refractivity contribution in [1.82, 2.24) is 31.5 Å². The van der Waals surface area contributed by atoms with Gasteiger partial charge in [0.1, 0.15) is 53.8 Å². The van der Waals surface area contributed by atoms with Gasteiger partial charge in [-0.1, -0.05) is 38.1 Å². The van der Waals surface area contributed by atoms with Crippen LogP contribution in [0.4, 0.5) is 0 Å². The maximum absolute atomic E-state index is 14.3. The number of carbonyl (C=O) groups is 7. The summed E-state index contributed by atoms with van der Waals surface area (Å²) < 4.78 is 0. The SMILES string of the molecule is CC(C)C[C@H](NC(=O)[C@H](Cc1ccc(O)cc1)NC(=O)[C@H](CCCN=C(N)N)NC(=O)[C@@H](NC(=O)[C@@H](N)CO)[C@@H](C)O)C(=O)N1CCC[C@H]1C(=O)N[C@@H](Cc1ccc(O)cc1)C(=O)O. The van der Waals surface area contributed by atoms with Gasteiger partial charge in [-0.3, -0.25) is 33.8 Å². The van der Waals surface area contributed by atoms with E-state index in [-0.39, 0.29) is 75.0 Å². The first-order chi connectivity index (χ1) is 30.2. The van der Waals surface area contributed by atoms with Crippen LogP contribution in [0.3, 0.4) is 0 Å². The van der Waals surface area contributed by atoms with Crippen LogP contribution < -0.4 is 43.8 Å². The standard InChI is InChI=1S/C42H62N10O12/c1-22(2)18-31(40(62)52-17-5-7-33(52)38(60)50-32(41(63)64)20-25-10-14-27(56)15-11-25)49-37(59)30(19-24-8-12-26(55)13-9-24)48-36(58)29(6-4-16-46-42(44)45)47-39(61)34(23(3)54)51-35(57)28(43)21-53/h8-15,22-23,28-34,53-56H,4-7,16-21,43H2,1-3H3,(H,47,61)(H,48,58)(H,49,59)(H,50,60)(H,51,57)(H,63,64)(H4,44,45,46)/t23-,28+,29+,30+,31+,32+,33+,34+/m1/s1. The lowest BCUT2D eigenvalue weighted by Gasteiger charge is -2.31. The van der Waals surface area contributed by atoms with E-state index >= 15 is 0 Å². The summed E-state index contributed by atoms with van der Waals surface area (Å²) in [5, 5.41) is 61.8. The third kappa shape index (κ3) is 16.3. The van der Waals surface area contributed by atoms with E-state index in [4.69, 9.17) is 17.2 Å². The minimum atomic E-state index is -1.62. The summed E-state index contributed by atoms with van der Waals surface area (Å²) in [5.74, 6) is -6.78. The van der Waals surface area contributed by atoms with Gasteiger partial charge in [0, 0.05) is 25.9 Å². The number of phenolic OH excluding ortho intramolecular Hbond substituents is 2. The van der Waals surface area contributed by atoms with Gasteiger partial charge in [-0.15, -0.1) is 0 Å². The van der Waals surface area contributed by atoms with Gasteiger partial charge in [-0.25, -0.2) is 4.79 Å². The number of hydrogen-bond acceptors (Lipinski definition) is 13. The van der Waals surface area contributed by atoms with E-state index in [2.05, 4.69) is 31.6 Å². The highest BCUT2D eigenvalue weighted by Crippen LogP contribution is 2.22. The lowest BCUT2D eigenvalue weighted by molar-refractivity contribution is -0.145. The lowest BCUT2D eigenvalue weighted by Crippen LogP contribution is -2.61. The molecule has 16 N–H and O–H groups in total. The number of amides is 6. The second-order valence-electron chi connectivity index (χ2n) is 16.1. The molecule has 22 heteroatoms. The number of aliphatic hydroxyl groups excluding tert-OH is 2. The fourth-order valence-corrected chi connectivity index (χ4v) is 6.94. The Kier molecular flexibility index (Phi) is 20.2. The molecule has 6 amide bonds. The third-order valence-electron chi connectivity index (χ3n) is 10.3. The van der Waals surface area contributed by atoms with Crippen molar-refractivity contribution in [3.63, 3.8) is 0 Å². The highest BCUT2D eigenvalue weighted by molar-refractivity contribution is 5.97. The molecular weight excluding hydrogens is 837 g/mol. The average Bonchev–Trinajstić information content (AvgIpc) is 3.74. The van der Waals surface area contributed by atoms with Crippen molar-refractivity contribution in [2.45, 2.75) is 114 Å². The molecule has 1 fully saturated rings. The van der Waals surface area contributed by atoms with Crippen LogP contribution in [0.25, 0.3) is 0 Å². The molecule has 2 aromatic rings. The van der Waals surface area contributed by atoms with Crippen LogP contribution in [0.2, 0.25) is 0 Å². The van der Waals surface area contributed by atoms with Crippen molar-refractivity contribution in [3.05, 3.63) is 59.7 Å². The first kappa shape index (κ1) is 51.8. The third-order valence-corrected chi connectivity index (χ3v) is 10.3. The number of aliphatic hydroxyl groups is 2. The molecule has 352 valence electrons. The molecule has 2 aromatic carbocycles. The van der Waals surface area contributed by atoms with E-state index in [9.17, 15) is 59.1 Å². The van der Waals surface area contributed by atoms with E-state index in [1.165, 1.54) is 60.4 Å². The number of nitrogens with one attached hydrogen (secondary N) is 5. The number of carboxylic acids is 1. The highest BCUT2D eigenvalue weighted by atomic mass is 16.4. The molecule has 0 bridgehead atoms. The van der Waals surface area contributed by atoms with Crippen LogP contribution in [0.5, 0.6) is 11.5 Å². The molecule has 0 radical (unpaired) electrons. The molecule has 3 rings (SSSR count). The fraction of sp³-hybridized carbons (Fsp3) is 0.524. The molecule has 0 aromatic heterocycles. The van der Waals surface area contributed by atoms with Gasteiger partial charge in [-0.05, 0) is 80.3 Å². The normalized spacial score (nSPS) is 16.8. The van der Waals surface area contributed by atoms with Crippen LogP contribution in [-0.4, -0.2) is 146 Å². The smallest absolute Gasteiger partial charge is 0.326 e. The summed E-state index contributed by atoms with van der Waals surface area (Å²) in [6.07, 6.45) is -1.01. The number of nitrogens with zero attached hydrogens (tertiary/aromatic N) is 2. The van der Waals surface area contributed by atoms with Crippen LogP contribution >= 0.6 is 0 Å². The highest BCUT2D eigenvalue weighted by Gasteiger charge is 2.40. The zero-order valence-electron chi connectivity index (χ0n) is 36.1. The van der Waals surface area contributed by atoms with Crippen molar-refractivity contribution < 1.29 is 59.1 Å². The van der Waals surface area contributed by atoms with Crippen molar-refractivity contribution in [2.24, 2.45) is 28.1 Å². The number of hydrogen-bond donors (Lipinski definition) is 13. The Morgan fingerprint density at radius 2 is 1.28 bits per heavy atom. The minimum Gasteiger partial charge on any atom is -0.508 e. The summed E-state index contributed by atoms with van der Waals surface area (Å²) in [4.78, 5) is 99.7. The lowest BCUT2D eigenvalue weighted by atomic mass is 9.99. The number of benzene rings is 2. The number of carboxylic acid groups (broad SMARTS) is 1. The molecule has 0 unspecified atom stereocenters. The Morgan fingerprint density at radius 1 is 0.750 bits per heavy atom. The molecule has 8 atom stereocenters. The summed E-state index contributed by atoms with van der Waals surface area (Å²) in [6.45, 7) is 4.24. The van der Waals surface area contributed by atoms with Gasteiger partial charge in [0.05, 0.1) is 12.7 Å². The molecular formula is C42H62N10O12. The van der Waals surface area contributed by atoms with Gasteiger partial charge in [0.15, 0.2) is 5.96 Å². The van der Waals surface area contributed by atoms with Crippen molar-refractivity contribution in [2.75, 3.05) is 19.7 Å². The van der Waals surface area contributed by atoms with Gasteiger partial charge < -0.3 is 74.2 Å². The van der Waals surface area contributed by atoms with Crippen molar-refractivity contribution >= 4 is 47.4 Å².